The van der Waals surface area contributed by atoms with Gasteiger partial charge in [-0.15, -0.1) is 0 Å². The van der Waals surface area contributed by atoms with Gasteiger partial charge in [0.15, 0.2) is 5.69 Å². The molecule has 0 atom stereocenters. The number of aryl methyl sites for hydroxylation is 3. The molecule has 0 spiro atoms. The monoisotopic (exact) mass is 338 g/mol. The third kappa shape index (κ3) is 3.96. The number of benzene rings is 1. The molecule has 0 unspecified atom stereocenters. The lowest BCUT2D eigenvalue weighted by Gasteiger charge is -2.07. The number of hydrogen-bond donors (Lipinski definition) is 1. The van der Waals surface area contributed by atoms with Crippen molar-refractivity contribution in [3.63, 3.8) is 0 Å². The summed E-state index contributed by atoms with van der Waals surface area (Å²) in [6.45, 7) is 6.77. The third-order valence-corrected chi connectivity index (χ3v) is 4.15. The molecule has 0 fully saturated rings. The van der Waals surface area contributed by atoms with Crippen molar-refractivity contribution in [2.24, 2.45) is 0 Å². The van der Waals surface area contributed by atoms with Crippen LogP contribution in [0.3, 0.4) is 0 Å². The minimum absolute atomic E-state index is 0.218. The largest absolute Gasteiger partial charge is 0.361 e. The summed E-state index contributed by atoms with van der Waals surface area (Å²) in [4.78, 5) is 12.5. The number of hydrogen-bond acceptors (Lipinski definition) is 4. The SMILES string of the molecule is Cc1cc(C)n(Cc2c(C(=O)NCCc3ccccc3)noc2C)n1. The molecule has 130 valence electrons. The average Bonchev–Trinajstić information content (AvgIpc) is 3.11. The van der Waals surface area contributed by atoms with Gasteiger partial charge in [0.2, 0.25) is 0 Å². The number of carbonyl (C=O) groups excluding carboxylic acids is 1. The Morgan fingerprint density at radius 3 is 2.64 bits per heavy atom. The Kier molecular flexibility index (Phi) is 4.97. The molecule has 0 radical (unpaired) electrons. The van der Waals surface area contributed by atoms with Crippen LogP contribution in [0.15, 0.2) is 40.9 Å². The summed E-state index contributed by atoms with van der Waals surface area (Å²) < 4.78 is 7.11. The van der Waals surface area contributed by atoms with Gasteiger partial charge >= 0.3 is 0 Å². The zero-order valence-electron chi connectivity index (χ0n) is 14.7. The first-order valence-corrected chi connectivity index (χ1v) is 8.33. The number of nitrogens with one attached hydrogen (secondary N) is 1. The lowest BCUT2D eigenvalue weighted by atomic mass is 10.1. The quantitative estimate of drug-likeness (QED) is 0.750. The molecule has 1 amide bonds. The Morgan fingerprint density at radius 2 is 1.96 bits per heavy atom. The predicted octanol–water partition coefficient (Wildman–Crippen LogP) is 2.82. The maximum Gasteiger partial charge on any atom is 0.273 e. The second kappa shape index (κ2) is 7.34. The molecule has 0 saturated carbocycles. The number of amides is 1. The summed E-state index contributed by atoms with van der Waals surface area (Å²) in [5.41, 5.74) is 4.26. The maximum atomic E-state index is 12.5. The molecule has 3 rings (SSSR count). The van der Waals surface area contributed by atoms with E-state index in [1.54, 1.807) is 0 Å². The van der Waals surface area contributed by atoms with E-state index in [2.05, 4.69) is 15.6 Å². The highest BCUT2D eigenvalue weighted by Crippen LogP contribution is 2.16. The van der Waals surface area contributed by atoms with Crippen LogP contribution >= 0.6 is 0 Å². The van der Waals surface area contributed by atoms with Crippen LogP contribution in [0.5, 0.6) is 0 Å². The van der Waals surface area contributed by atoms with Crippen LogP contribution in [0, 0.1) is 20.8 Å². The van der Waals surface area contributed by atoms with Crippen molar-refractivity contribution in [1.29, 1.82) is 0 Å². The van der Waals surface area contributed by atoms with Gasteiger partial charge in [0, 0.05) is 17.8 Å². The van der Waals surface area contributed by atoms with Gasteiger partial charge in [-0.2, -0.15) is 5.10 Å². The molecule has 0 aliphatic rings. The van der Waals surface area contributed by atoms with Crippen LogP contribution < -0.4 is 5.32 Å². The molecule has 2 heterocycles. The van der Waals surface area contributed by atoms with Gasteiger partial charge in [0.1, 0.15) is 5.76 Å². The molecular weight excluding hydrogens is 316 g/mol. The highest BCUT2D eigenvalue weighted by atomic mass is 16.5. The summed E-state index contributed by atoms with van der Waals surface area (Å²) in [7, 11) is 0. The predicted molar refractivity (Wildman–Crippen MR) is 94.5 cm³/mol. The average molecular weight is 338 g/mol. The highest BCUT2D eigenvalue weighted by Gasteiger charge is 2.20. The van der Waals surface area contributed by atoms with E-state index in [-0.39, 0.29) is 5.91 Å². The standard InChI is InChI=1S/C19H22N4O2/c1-13-11-14(2)23(21-13)12-17-15(3)25-22-18(17)19(24)20-10-9-16-7-5-4-6-8-16/h4-8,11H,9-10,12H2,1-3H3,(H,20,24). The Bertz CT molecular complexity index is 865. The summed E-state index contributed by atoms with van der Waals surface area (Å²) >= 11 is 0. The fourth-order valence-corrected chi connectivity index (χ4v) is 2.79. The first-order valence-electron chi connectivity index (χ1n) is 8.33. The first kappa shape index (κ1) is 17.0. The highest BCUT2D eigenvalue weighted by molar-refractivity contribution is 5.93. The molecule has 0 saturated heterocycles. The Labute approximate surface area is 146 Å². The van der Waals surface area contributed by atoms with Gasteiger partial charge in [-0.3, -0.25) is 9.48 Å². The van der Waals surface area contributed by atoms with Crippen LogP contribution in [-0.2, 0) is 13.0 Å². The Hall–Kier alpha value is -2.89. The van der Waals surface area contributed by atoms with E-state index in [4.69, 9.17) is 4.52 Å². The second-order valence-corrected chi connectivity index (χ2v) is 6.14. The van der Waals surface area contributed by atoms with E-state index in [0.717, 1.165) is 23.4 Å². The summed E-state index contributed by atoms with van der Waals surface area (Å²) in [5.74, 6) is 0.421. The Balaban J connectivity index is 1.68. The number of carbonyl (C=O) groups is 1. The van der Waals surface area contributed by atoms with Gasteiger partial charge in [-0.25, -0.2) is 0 Å². The first-order chi connectivity index (χ1) is 12.0. The van der Waals surface area contributed by atoms with E-state index < -0.39 is 0 Å². The van der Waals surface area contributed by atoms with Crippen molar-refractivity contribution in [3.05, 3.63) is 70.4 Å². The van der Waals surface area contributed by atoms with E-state index in [1.807, 2.05) is 61.9 Å². The molecule has 6 nitrogen and oxygen atoms in total. The van der Waals surface area contributed by atoms with Gasteiger partial charge in [0.25, 0.3) is 5.91 Å². The molecule has 1 aromatic carbocycles. The maximum absolute atomic E-state index is 12.5. The lowest BCUT2D eigenvalue weighted by molar-refractivity contribution is 0.0944. The van der Waals surface area contributed by atoms with Gasteiger partial charge in [-0.05, 0) is 38.8 Å². The summed E-state index contributed by atoms with van der Waals surface area (Å²) in [6, 6.07) is 12.0. The van der Waals surface area contributed by atoms with Crippen molar-refractivity contribution in [2.45, 2.75) is 33.7 Å². The third-order valence-electron chi connectivity index (χ3n) is 4.15. The van der Waals surface area contributed by atoms with Crippen molar-refractivity contribution >= 4 is 5.91 Å². The van der Waals surface area contributed by atoms with Crippen molar-refractivity contribution in [2.75, 3.05) is 6.54 Å². The van der Waals surface area contributed by atoms with Crippen molar-refractivity contribution < 1.29 is 9.32 Å². The minimum Gasteiger partial charge on any atom is -0.361 e. The number of rotatable bonds is 6. The zero-order valence-corrected chi connectivity index (χ0v) is 14.7. The van der Waals surface area contributed by atoms with E-state index in [9.17, 15) is 4.79 Å². The van der Waals surface area contributed by atoms with Crippen LogP contribution in [0.4, 0.5) is 0 Å². The van der Waals surface area contributed by atoms with Crippen LogP contribution in [0.2, 0.25) is 0 Å². The minimum atomic E-state index is -0.218. The molecule has 25 heavy (non-hydrogen) atoms. The molecule has 1 N–H and O–H groups in total. The number of nitrogens with zero attached hydrogens (tertiary/aromatic N) is 3. The zero-order chi connectivity index (χ0) is 17.8. The van der Waals surface area contributed by atoms with E-state index >= 15 is 0 Å². The van der Waals surface area contributed by atoms with Crippen LogP contribution in [0.25, 0.3) is 0 Å². The molecular formula is C19H22N4O2. The fourth-order valence-electron chi connectivity index (χ4n) is 2.79. The van der Waals surface area contributed by atoms with Gasteiger partial charge in [0.05, 0.1) is 12.2 Å². The van der Waals surface area contributed by atoms with Gasteiger partial charge in [-0.1, -0.05) is 35.5 Å². The topological polar surface area (TPSA) is 73.0 Å². The molecule has 0 aliphatic carbocycles. The van der Waals surface area contributed by atoms with Crippen LogP contribution in [-0.4, -0.2) is 27.4 Å². The molecule has 2 aromatic heterocycles. The number of aromatic nitrogens is 3. The molecule has 0 bridgehead atoms. The molecule has 6 heteroatoms. The summed E-state index contributed by atoms with van der Waals surface area (Å²) in [5, 5.41) is 11.3. The lowest BCUT2D eigenvalue weighted by Crippen LogP contribution is -2.27. The van der Waals surface area contributed by atoms with Crippen molar-refractivity contribution in [3.8, 4) is 0 Å². The normalized spacial score (nSPS) is 10.8. The van der Waals surface area contributed by atoms with E-state index in [1.165, 1.54) is 5.56 Å². The fraction of sp³-hybridized carbons (Fsp3) is 0.316. The Morgan fingerprint density at radius 1 is 1.20 bits per heavy atom. The summed E-state index contributed by atoms with van der Waals surface area (Å²) in [6.07, 6.45) is 0.774. The molecule has 3 aromatic rings. The smallest absolute Gasteiger partial charge is 0.273 e. The van der Waals surface area contributed by atoms with Crippen LogP contribution in [0.1, 0.15) is 38.8 Å². The second-order valence-electron chi connectivity index (χ2n) is 6.14. The molecule has 0 aliphatic heterocycles. The van der Waals surface area contributed by atoms with Crippen molar-refractivity contribution in [1.82, 2.24) is 20.3 Å². The van der Waals surface area contributed by atoms with Gasteiger partial charge < -0.3 is 9.84 Å². The van der Waals surface area contributed by atoms with E-state index in [0.29, 0.717) is 24.5 Å².